The Bertz CT molecular complexity index is 1680. The van der Waals surface area contributed by atoms with E-state index in [9.17, 15) is 23.2 Å². The lowest BCUT2D eigenvalue weighted by Gasteiger charge is -2.31. The standard InChI is InChI=1S/C33H37F2N5O5S/c1-33(2,3)45-32(43)37-22-10-12-23(13-11-22)40-25-14-9-21(18-36-31(42)44-19-20-7-5-4-6-8-20)17-24(25)38-30(40)39-29(41)27-16-15-26(46-27)28(34)35/h4-9,14-17,22-23,28H,10-13,18-19H2,1-3H3,(H,36,42)(H,37,43)(H,38,39,41)/t22-,23+. The number of ether oxygens (including phenoxy) is 2. The highest BCUT2D eigenvalue weighted by Crippen LogP contribution is 2.35. The minimum Gasteiger partial charge on any atom is -0.445 e. The molecule has 2 aromatic carbocycles. The van der Waals surface area contributed by atoms with Crippen LogP contribution in [0, 0.1) is 0 Å². The Balaban J connectivity index is 1.31. The minimum absolute atomic E-state index is 0.0473. The Morgan fingerprint density at radius 1 is 0.978 bits per heavy atom. The number of nitrogens with one attached hydrogen (secondary N) is 3. The molecule has 2 aromatic heterocycles. The van der Waals surface area contributed by atoms with E-state index in [1.807, 2.05) is 73.9 Å². The van der Waals surface area contributed by atoms with Crippen LogP contribution in [0.25, 0.3) is 11.0 Å². The van der Waals surface area contributed by atoms with Gasteiger partial charge in [0.15, 0.2) is 0 Å². The predicted molar refractivity (Wildman–Crippen MR) is 171 cm³/mol. The van der Waals surface area contributed by atoms with Gasteiger partial charge in [0.2, 0.25) is 5.95 Å². The number of imidazole rings is 1. The SMILES string of the molecule is CC(C)(C)OC(=O)N[C@H]1CC[C@@H](n2c(NC(=O)c3ccc(C(F)F)s3)nc3cc(CNC(=O)OCc4ccccc4)ccc32)CC1. The van der Waals surface area contributed by atoms with Gasteiger partial charge in [0.05, 0.1) is 20.8 Å². The number of thiophene rings is 1. The molecule has 0 saturated heterocycles. The first-order chi connectivity index (χ1) is 21.9. The van der Waals surface area contributed by atoms with Crippen LogP contribution in [-0.4, -0.2) is 39.3 Å². The van der Waals surface area contributed by atoms with E-state index < -0.39 is 30.1 Å². The zero-order valence-electron chi connectivity index (χ0n) is 25.8. The summed E-state index contributed by atoms with van der Waals surface area (Å²) in [6.07, 6.45) is -0.915. The predicted octanol–water partition coefficient (Wildman–Crippen LogP) is 7.72. The van der Waals surface area contributed by atoms with E-state index in [1.54, 1.807) is 0 Å². The van der Waals surface area contributed by atoms with E-state index >= 15 is 0 Å². The Morgan fingerprint density at radius 2 is 1.72 bits per heavy atom. The smallest absolute Gasteiger partial charge is 0.407 e. The average Bonchev–Trinajstić information content (AvgIpc) is 3.64. The Morgan fingerprint density at radius 3 is 2.39 bits per heavy atom. The lowest BCUT2D eigenvalue weighted by molar-refractivity contribution is 0.0488. The summed E-state index contributed by atoms with van der Waals surface area (Å²) in [6, 6.07) is 17.5. The molecule has 3 amide bonds. The van der Waals surface area contributed by atoms with Gasteiger partial charge < -0.3 is 24.7 Å². The molecule has 0 radical (unpaired) electrons. The van der Waals surface area contributed by atoms with Gasteiger partial charge in [0, 0.05) is 18.6 Å². The largest absolute Gasteiger partial charge is 0.445 e. The van der Waals surface area contributed by atoms with E-state index in [-0.39, 0.29) is 35.0 Å². The maximum atomic E-state index is 13.2. The molecule has 1 fully saturated rings. The number of anilines is 1. The van der Waals surface area contributed by atoms with Crippen molar-refractivity contribution in [2.75, 3.05) is 5.32 Å². The fraction of sp³-hybridized carbons (Fsp3) is 0.394. The number of halogens is 2. The second-order valence-corrected chi connectivity index (χ2v) is 13.3. The number of nitrogens with zero attached hydrogens (tertiary/aromatic N) is 2. The van der Waals surface area contributed by atoms with Crippen molar-refractivity contribution < 1.29 is 32.6 Å². The second kappa shape index (κ2) is 14.3. The first-order valence-corrected chi connectivity index (χ1v) is 15.9. The average molecular weight is 654 g/mol. The summed E-state index contributed by atoms with van der Waals surface area (Å²) >= 11 is 0.737. The first-order valence-electron chi connectivity index (χ1n) is 15.1. The van der Waals surface area contributed by atoms with Crippen molar-refractivity contribution in [1.29, 1.82) is 0 Å². The van der Waals surface area contributed by atoms with Crippen molar-refractivity contribution in [3.05, 3.63) is 81.5 Å². The van der Waals surface area contributed by atoms with Crippen LogP contribution in [0.2, 0.25) is 0 Å². The third kappa shape index (κ3) is 8.59. The van der Waals surface area contributed by atoms with E-state index in [0.29, 0.717) is 37.1 Å². The minimum atomic E-state index is -2.66. The lowest BCUT2D eigenvalue weighted by atomic mass is 9.91. The topological polar surface area (TPSA) is 124 Å². The van der Waals surface area contributed by atoms with Crippen molar-refractivity contribution in [1.82, 2.24) is 20.2 Å². The number of rotatable bonds is 9. The summed E-state index contributed by atoms with van der Waals surface area (Å²) < 4.78 is 39.0. The fourth-order valence-electron chi connectivity index (χ4n) is 5.37. The third-order valence-corrected chi connectivity index (χ3v) is 8.57. The summed E-state index contributed by atoms with van der Waals surface area (Å²) in [5.41, 5.74) is 2.42. The molecule has 0 spiro atoms. The maximum absolute atomic E-state index is 13.2. The van der Waals surface area contributed by atoms with Gasteiger partial charge in [-0.15, -0.1) is 11.3 Å². The molecule has 0 bridgehead atoms. The highest BCUT2D eigenvalue weighted by atomic mass is 32.1. The number of hydrogen-bond donors (Lipinski definition) is 3. The molecule has 244 valence electrons. The monoisotopic (exact) mass is 653 g/mol. The highest BCUT2D eigenvalue weighted by Gasteiger charge is 2.29. The van der Waals surface area contributed by atoms with Gasteiger partial charge in [-0.3, -0.25) is 10.1 Å². The molecular formula is C33H37F2N5O5S. The van der Waals surface area contributed by atoms with Crippen LogP contribution in [0.5, 0.6) is 0 Å². The van der Waals surface area contributed by atoms with Gasteiger partial charge in [0.25, 0.3) is 12.3 Å². The summed E-state index contributed by atoms with van der Waals surface area (Å²) in [5, 5.41) is 8.53. The van der Waals surface area contributed by atoms with Crippen LogP contribution < -0.4 is 16.0 Å². The number of benzene rings is 2. The fourth-order valence-corrected chi connectivity index (χ4v) is 6.13. The number of amides is 3. The summed E-state index contributed by atoms with van der Waals surface area (Å²) in [4.78, 5) is 42.4. The van der Waals surface area contributed by atoms with E-state index in [4.69, 9.17) is 14.5 Å². The molecule has 0 unspecified atom stereocenters. The molecule has 0 aliphatic heterocycles. The first kappa shape index (κ1) is 32.9. The van der Waals surface area contributed by atoms with Crippen LogP contribution >= 0.6 is 11.3 Å². The molecule has 1 aliphatic carbocycles. The molecule has 13 heteroatoms. The highest BCUT2D eigenvalue weighted by molar-refractivity contribution is 7.14. The van der Waals surface area contributed by atoms with Crippen molar-refractivity contribution in [2.45, 2.75) is 83.7 Å². The maximum Gasteiger partial charge on any atom is 0.407 e. The van der Waals surface area contributed by atoms with Gasteiger partial charge >= 0.3 is 12.2 Å². The molecule has 4 aromatic rings. The second-order valence-electron chi connectivity index (χ2n) is 12.2. The number of alkyl halides is 2. The van der Waals surface area contributed by atoms with Crippen LogP contribution in [0.4, 0.5) is 24.3 Å². The number of carbonyl (C=O) groups is 3. The number of aromatic nitrogens is 2. The number of fused-ring (bicyclic) bond motifs is 1. The number of carbonyl (C=O) groups excluding carboxylic acids is 3. The molecule has 1 saturated carbocycles. The van der Waals surface area contributed by atoms with Crippen LogP contribution in [0.1, 0.15) is 84.6 Å². The van der Waals surface area contributed by atoms with Crippen molar-refractivity contribution in [3.63, 3.8) is 0 Å². The molecule has 5 rings (SSSR count). The zero-order valence-corrected chi connectivity index (χ0v) is 26.7. The molecule has 1 aliphatic rings. The Kier molecular flexibility index (Phi) is 10.2. The number of hydrogen-bond acceptors (Lipinski definition) is 7. The Hall–Kier alpha value is -4.52. The van der Waals surface area contributed by atoms with Gasteiger partial charge in [-0.2, -0.15) is 0 Å². The van der Waals surface area contributed by atoms with Crippen LogP contribution in [0.3, 0.4) is 0 Å². The van der Waals surface area contributed by atoms with Crippen molar-refractivity contribution >= 4 is 46.4 Å². The quantitative estimate of drug-likeness (QED) is 0.170. The van der Waals surface area contributed by atoms with Crippen molar-refractivity contribution in [3.8, 4) is 0 Å². The van der Waals surface area contributed by atoms with Gasteiger partial charge in [-0.25, -0.2) is 23.4 Å². The summed E-state index contributed by atoms with van der Waals surface area (Å²) in [5.74, 6) is -0.236. The lowest BCUT2D eigenvalue weighted by Crippen LogP contribution is -2.41. The normalized spacial score (nSPS) is 16.7. The molecule has 46 heavy (non-hydrogen) atoms. The van der Waals surface area contributed by atoms with Crippen LogP contribution in [-0.2, 0) is 22.6 Å². The molecule has 10 nitrogen and oxygen atoms in total. The van der Waals surface area contributed by atoms with Gasteiger partial charge in [-0.1, -0.05) is 36.4 Å². The van der Waals surface area contributed by atoms with E-state index in [2.05, 4.69) is 16.0 Å². The molecule has 0 atom stereocenters. The van der Waals surface area contributed by atoms with E-state index in [0.717, 1.165) is 28.0 Å². The van der Waals surface area contributed by atoms with Gasteiger partial charge in [0.1, 0.15) is 12.2 Å². The van der Waals surface area contributed by atoms with E-state index in [1.165, 1.54) is 12.1 Å². The van der Waals surface area contributed by atoms with Crippen LogP contribution in [0.15, 0.2) is 60.7 Å². The van der Waals surface area contributed by atoms with Crippen molar-refractivity contribution in [2.24, 2.45) is 0 Å². The number of alkyl carbamates (subject to hydrolysis) is 2. The molecule has 3 N–H and O–H groups in total. The molecule has 2 heterocycles. The molecular weight excluding hydrogens is 616 g/mol. The Labute approximate surface area is 269 Å². The summed E-state index contributed by atoms with van der Waals surface area (Å²) in [6.45, 7) is 5.79. The zero-order chi connectivity index (χ0) is 32.8. The van der Waals surface area contributed by atoms with Gasteiger partial charge in [-0.05, 0) is 81.8 Å². The third-order valence-electron chi connectivity index (χ3n) is 7.48. The summed E-state index contributed by atoms with van der Waals surface area (Å²) in [7, 11) is 0.